The lowest BCUT2D eigenvalue weighted by Crippen LogP contribution is -2.43. The van der Waals surface area contributed by atoms with Crippen molar-refractivity contribution in [2.24, 2.45) is 5.41 Å². The minimum Gasteiger partial charge on any atom is -0.420 e. The average molecular weight is 529 g/mol. The van der Waals surface area contributed by atoms with E-state index in [-0.39, 0.29) is 17.0 Å². The van der Waals surface area contributed by atoms with Gasteiger partial charge in [0.15, 0.2) is 5.17 Å². The van der Waals surface area contributed by atoms with Crippen LogP contribution in [0.3, 0.4) is 0 Å². The molecular formula is C28H28N6O3S. The number of hydrogen-bond acceptors (Lipinski definition) is 8. The smallest absolute Gasteiger partial charge is 0.253 e. The van der Waals surface area contributed by atoms with Crippen LogP contribution in [-0.2, 0) is 4.79 Å². The number of benzene rings is 1. The van der Waals surface area contributed by atoms with Crippen LogP contribution in [0.1, 0.15) is 46.9 Å². The van der Waals surface area contributed by atoms with E-state index in [1.807, 2.05) is 36.4 Å². The Bertz CT molecular complexity index is 1450. The molecule has 2 aromatic heterocycles. The summed E-state index contributed by atoms with van der Waals surface area (Å²) in [5, 5.41) is 17.6. The predicted octanol–water partition coefficient (Wildman–Crippen LogP) is 5.14. The van der Waals surface area contributed by atoms with Crippen molar-refractivity contribution < 1.29 is 14.3 Å². The number of nitrogens with one attached hydrogen (secondary N) is 3. The van der Waals surface area contributed by atoms with Crippen molar-refractivity contribution in [3.05, 3.63) is 77.5 Å². The number of carbonyl (C=O) groups excluding carboxylic acids is 2. The van der Waals surface area contributed by atoms with Crippen LogP contribution in [0.4, 0.5) is 0 Å². The van der Waals surface area contributed by atoms with E-state index in [0.717, 1.165) is 28.4 Å². The van der Waals surface area contributed by atoms with Crippen LogP contribution in [-0.4, -0.2) is 51.5 Å². The Morgan fingerprint density at radius 3 is 2.29 bits per heavy atom. The molecule has 0 aliphatic carbocycles. The number of aromatic nitrogens is 2. The highest BCUT2D eigenvalue weighted by Gasteiger charge is 2.45. The molecule has 1 atom stereocenters. The van der Waals surface area contributed by atoms with Gasteiger partial charge in [0.1, 0.15) is 0 Å². The third-order valence-corrected chi connectivity index (χ3v) is 6.83. The SMILES string of the molecule is C=Cc1ccc2c(n1)Oc1nc(-c3ccc(C(=O)N(C)C)cc3)ccc1C2C(C)(C)C(=O)NC(=N)SC=N. The molecule has 1 aliphatic heterocycles. The van der Waals surface area contributed by atoms with Crippen molar-refractivity contribution in [2.45, 2.75) is 19.8 Å². The highest BCUT2D eigenvalue weighted by atomic mass is 32.2. The average Bonchev–Trinajstić information content (AvgIpc) is 2.90. The highest BCUT2D eigenvalue weighted by Crippen LogP contribution is 2.51. The molecule has 0 saturated carbocycles. The molecule has 0 bridgehead atoms. The van der Waals surface area contributed by atoms with Gasteiger partial charge in [0, 0.05) is 42.3 Å². The number of fused-ring (bicyclic) bond motifs is 2. The van der Waals surface area contributed by atoms with E-state index in [2.05, 4.69) is 16.9 Å². The summed E-state index contributed by atoms with van der Waals surface area (Å²) in [6.07, 6.45) is 1.61. The molecule has 0 fully saturated rings. The molecule has 1 aromatic carbocycles. The molecule has 10 heteroatoms. The first-order chi connectivity index (χ1) is 18.1. The molecule has 3 heterocycles. The third-order valence-electron chi connectivity index (χ3n) is 6.37. The first-order valence-corrected chi connectivity index (χ1v) is 12.6. The number of amides is 2. The van der Waals surface area contributed by atoms with Crippen LogP contribution in [0.25, 0.3) is 17.3 Å². The number of nitrogens with zero attached hydrogens (tertiary/aromatic N) is 3. The highest BCUT2D eigenvalue weighted by molar-refractivity contribution is 8.24. The molecule has 2 amide bonds. The van der Waals surface area contributed by atoms with Gasteiger partial charge in [-0.25, -0.2) is 9.97 Å². The zero-order valence-corrected chi connectivity index (χ0v) is 22.3. The molecule has 0 saturated heterocycles. The second-order valence-electron chi connectivity index (χ2n) is 9.48. The number of hydrogen-bond donors (Lipinski definition) is 3. The van der Waals surface area contributed by atoms with E-state index in [1.165, 1.54) is 4.90 Å². The van der Waals surface area contributed by atoms with Gasteiger partial charge >= 0.3 is 0 Å². The molecule has 1 unspecified atom stereocenters. The molecule has 1 aliphatic rings. The Hall–Kier alpha value is -4.31. The van der Waals surface area contributed by atoms with Crippen LogP contribution < -0.4 is 10.1 Å². The Kier molecular flexibility index (Phi) is 7.45. The van der Waals surface area contributed by atoms with Gasteiger partial charge in [-0.3, -0.25) is 15.0 Å². The number of thioether (sulfide) groups is 1. The van der Waals surface area contributed by atoms with Crippen molar-refractivity contribution >= 4 is 40.4 Å². The minimum atomic E-state index is -1.03. The summed E-state index contributed by atoms with van der Waals surface area (Å²) in [4.78, 5) is 36.5. The quantitative estimate of drug-likeness (QED) is 0.300. The van der Waals surface area contributed by atoms with Crippen molar-refractivity contribution in [2.75, 3.05) is 14.1 Å². The molecule has 194 valence electrons. The second-order valence-corrected chi connectivity index (χ2v) is 10.4. The third kappa shape index (κ3) is 5.08. The fraction of sp³-hybridized carbons (Fsp3) is 0.214. The first kappa shape index (κ1) is 26.7. The summed E-state index contributed by atoms with van der Waals surface area (Å²) in [5.74, 6) is -0.284. The van der Waals surface area contributed by atoms with Gasteiger partial charge < -0.3 is 20.4 Å². The standard InChI is InChI=1S/C28H28N6O3S/c1-6-18-11-12-19-22(28(2,3)26(36)33-27(30)38-15-29)20-13-14-21(32-24(20)37-23(19)31-18)16-7-9-17(10-8-16)25(35)34(4)5/h6-15,22,29H,1H2,2-5H3,(H2,30,33,36). The first-order valence-electron chi connectivity index (χ1n) is 11.8. The Morgan fingerprint density at radius 2 is 1.68 bits per heavy atom. The Morgan fingerprint density at radius 1 is 1.05 bits per heavy atom. The monoisotopic (exact) mass is 528 g/mol. The van der Waals surface area contributed by atoms with Crippen LogP contribution >= 0.6 is 11.8 Å². The van der Waals surface area contributed by atoms with Gasteiger partial charge in [0.2, 0.25) is 17.7 Å². The maximum absolute atomic E-state index is 13.3. The zero-order chi connectivity index (χ0) is 27.6. The number of amidine groups is 1. The maximum atomic E-state index is 13.3. The lowest BCUT2D eigenvalue weighted by atomic mass is 9.70. The number of carbonyl (C=O) groups is 2. The number of ether oxygens (including phenoxy) is 1. The lowest BCUT2D eigenvalue weighted by Gasteiger charge is -2.37. The summed E-state index contributed by atoms with van der Waals surface area (Å²) in [5.41, 5.74) is 4.02. The van der Waals surface area contributed by atoms with E-state index in [4.69, 9.17) is 20.5 Å². The predicted molar refractivity (Wildman–Crippen MR) is 150 cm³/mol. The summed E-state index contributed by atoms with van der Waals surface area (Å²) < 4.78 is 6.16. The maximum Gasteiger partial charge on any atom is 0.253 e. The molecule has 0 spiro atoms. The van der Waals surface area contributed by atoms with E-state index >= 15 is 0 Å². The Balaban J connectivity index is 1.77. The van der Waals surface area contributed by atoms with Crippen molar-refractivity contribution in [1.82, 2.24) is 20.2 Å². The molecule has 3 N–H and O–H groups in total. The van der Waals surface area contributed by atoms with Crippen LogP contribution in [0.15, 0.2) is 55.1 Å². The van der Waals surface area contributed by atoms with E-state index < -0.39 is 11.3 Å². The van der Waals surface area contributed by atoms with Crippen molar-refractivity contribution in [1.29, 1.82) is 10.8 Å². The molecule has 38 heavy (non-hydrogen) atoms. The van der Waals surface area contributed by atoms with Gasteiger partial charge in [-0.15, -0.1) is 0 Å². The van der Waals surface area contributed by atoms with E-state index in [0.29, 0.717) is 34.3 Å². The van der Waals surface area contributed by atoms with Crippen molar-refractivity contribution in [3.8, 4) is 23.0 Å². The van der Waals surface area contributed by atoms with Gasteiger partial charge in [-0.2, -0.15) is 0 Å². The largest absolute Gasteiger partial charge is 0.420 e. The van der Waals surface area contributed by atoms with Crippen LogP contribution in [0, 0.1) is 16.2 Å². The fourth-order valence-electron chi connectivity index (χ4n) is 4.36. The van der Waals surface area contributed by atoms with Gasteiger partial charge in [0.25, 0.3) is 5.91 Å². The topological polar surface area (TPSA) is 132 Å². The van der Waals surface area contributed by atoms with Gasteiger partial charge in [-0.05, 0) is 42.1 Å². The lowest BCUT2D eigenvalue weighted by molar-refractivity contribution is -0.128. The summed E-state index contributed by atoms with van der Waals surface area (Å²) >= 11 is 0.811. The summed E-state index contributed by atoms with van der Waals surface area (Å²) in [7, 11) is 3.41. The minimum absolute atomic E-state index is 0.0885. The molecule has 0 radical (unpaired) electrons. The fourth-order valence-corrected chi connectivity index (χ4v) is 4.63. The second kappa shape index (κ2) is 10.6. The number of pyridine rings is 2. The number of rotatable bonds is 6. The molecule has 3 aromatic rings. The normalized spacial score (nSPS) is 13.8. The Labute approximate surface area is 225 Å². The zero-order valence-electron chi connectivity index (χ0n) is 21.5. The summed E-state index contributed by atoms with van der Waals surface area (Å²) in [6.45, 7) is 7.38. The van der Waals surface area contributed by atoms with Crippen molar-refractivity contribution in [3.63, 3.8) is 0 Å². The summed E-state index contributed by atoms with van der Waals surface area (Å²) in [6, 6.07) is 14.6. The molecule has 9 nitrogen and oxygen atoms in total. The molecular weight excluding hydrogens is 500 g/mol. The molecule has 4 rings (SSSR count). The van der Waals surface area contributed by atoms with Gasteiger partial charge in [0.05, 0.1) is 22.3 Å². The van der Waals surface area contributed by atoms with Crippen LogP contribution in [0.2, 0.25) is 0 Å². The van der Waals surface area contributed by atoms with E-state index in [1.54, 1.807) is 46.2 Å². The van der Waals surface area contributed by atoms with E-state index in [9.17, 15) is 9.59 Å². The van der Waals surface area contributed by atoms with Gasteiger partial charge in [-0.1, -0.05) is 44.7 Å². The van der Waals surface area contributed by atoms with Crippen LogP contribution in [0.5, 0.6) is 11.8 Å².